The van der Waals surface area contributed by atoms with Crippen molar-refractivity contribution >= 4 is 0 Å². The van der Waals surface area contributed by atoms with Crippen LogP contribution >= 0.6 is 0 Å². The van der Waals surface area contributed by atoms with E-state index in [1.807, 2.05) is 37.5 Å². The summed E-state index contributed by atoms with van der Waals surface area (Å²) >= 11 is 0. The van der Waals surface area contributed by atoms with Gasteiger partial charge in [-0.1, -0.05) is 0 Å². The first-order chi connectivity index (χ1) is 9.69. The van der Waals surface area contributed by atoms with Crippen LogP contribution < -0.4 is 14.8 Å². The molecule has 0 saturated heterocycles. The first kappa shape index (κ1) is 14.3. The highest BCUT2D eigenvalue weighted by Gasteiger charge is 2.18. The Morgan fingerprint density at radius 1 is 1.10 bits per heavy atom. The Labute approximate surface area is 119 Å². The number of nitrogens with one attached hydrogen (secondary N) is 1. The fraction of sp³-hybridized carbons (Fsp3) is 0.312. The van der Waals surface area contributed by atoms with Gasteiger partial charge in [-0.2, -0.15) is 0 Å². The minimum Gasteiger partial charge on any atom is -0.497 e. The first-order valence-corrected chi connectivity index (χ1v) is 6.51. The van der Waals surface area contributed by atoms with E-state index in [9.17, 15) is 0 Å². The SMILES string of the molecule is CNC(c1cc(C)ccn1)c1cc(OC)ccc1OC. The summed E-state index contributed by atoms with van der Waals surface area (Å²) in [5.41, 5.74) is 3.14. The van der Waals surface area contributed by atoms with E-state index in [0.717, 1.165) is 22.8 Å². The van der Waals surface area contributed by atoms with Gasteiger partial charge in [-0.05, 0) is 49.9 Å². The van der Waals surface area contributed by atoms with E-state index in [1.165, 1.54) is 5.56 Å². The number of nitrogens with zero attached hydrogens (tertiary/aromatic N) is 1. The van der Waals surface area contributed by atoms with Gasteiger partial charge in [0.05, 0.1) is 26.0 Å². The van der Waals surface area contributed by atoms with Gasteiger partial charge in [0.15, 0.2) is 0 Å². The van der Waals surface area contributed by atoms with Gasteiger partial charge in [0.1, 0.15) is 11.5 Å². The average molecular weight is 272 g/mol. The second kappa shape index (κ2) is 6.39. The smallest absolute Gasteiger partial charge is 0.124 e. The average Bonchev–Trinajstić information content (AvgIpc) is 2.48. The van der Waals surface area contributed by atoms with Crippen molar-refractivity contribution in [2.75, 3.05) is 21.3 Å². The maximum Gasteiger partial charge on any atom is 0.124 e. The molecule has 0 aliphatic carbocycles. The third kappa shape index (κ3) is 2.91. The van der Waals surface area contributed by atoms with Gasteiger partial charge in [0, 0.05) is 11.8 Å². The second-order valence-corrected chi connectivity index (χ2v) is 4.59. The molecule has 1 atom stereocenters. The Morgan fingerprint density at radius 2 is 1.90 bits per heavy atom. The molecule has 0 fully saturated rings. The Hall–Kier alpha value is -2.07. The highest BCUT2D eigenvalue weighted by Crippen LogP contribution is 2.32. The summed E-state index contributed by atoms with van der Waals surface area (Å²) < 4.78 is 10.8. The number of pyridine rings is 1. The minimum atomic E-state index is -0.0417. The maximum absolute atomic E-state index is 5.46. The van der Waals surface area contributed by atoms with Crippen molar-refractivity contribution in [1.29, 1.82) is 0 Å². The summed E-state index contributed by atoms with van der Waals surface area (Å²) in [6.07, 6.45) is 1.82. The van der Waals surface area contributed by atoms with Crippen LogP contribution in [0.1, 0.15) is 22.9 Å². The molecule has 0 amide bonds. The molecule has 4 heteroatoms. The molecule has 4 nitrogen and oxygen atoms in total. The van der Waals surface area contributed by atoms with E-state index < -0.39 is 0 Å². The molecule has 0 aliphatic rings. The lowest BCUT2D eigenvalue weighted by molar-refractivity contribution is 0.394. The highest BCUT2D eigenvalue weighted by atomic mass is 16.5. The number of hydrogen-bond acceptors (Lipinski definition) is 4. The summed E-state index contributed by atoms with van der Waals surface area (Å²) in [6.45, 7) is 2.06. The third-order valence-corrected chi connectivity index (χ3v) is 3.27. The highest BCUT2D eigenvalue weighted by molar-refractivity contribution is 5.45. The van der Waals surface area contributed by atoms with E-state index in [4.69, 9.17) is 9.47 Å². The van der Waals surface area contributed by atoms with Gasteiger partial charge in [-0.25, -0.2) is 0 Å². The zero-order chi connectivity index (χ0) is 14.5. The van der Waals surface area contributed by atoms with Crippen LogP contribution in [0.25, 0.3) is 0 Å². The Bertz CT molecular complexity index is 584. The van der Waals surface area contributed by atoms with Crippen LogP contribution in [0.4, 0.5) is 0 Å². The fourth-order valence-corrected chi connectivity index (χ4v) is 2.25. The van der Waals surface area contributed by atoms with Crippen molar-refractivity contribution in [3.05, 3.63) is 53.3 Å². The molecular formula is C16H20N2O2. The summed E-state index contributed by atoms with van der Waals surface area (Å²) in [5, 5.41) is 3.29. The number of aromatic nitrogens is 1. The van der Waals surface area contributed by atoms with E-state index >= 15 is 0 Å². The van der Waals surface area contributed by atoms with E-state index in [0.29, 0.717) is 0 Å². The number of hydrogen-bond donors (Lipinski definition) is 1. The van der Waals surface area contributed by atoms with Crippen molar-refractivity contribution < 1.29 is 9.47 Å². The lowest BCUT2D eigenvalue weighted by Crippen LogP contribution is -2.19. The Kier molecular flexibility index (Phi) is 4.58. The molecule has 0 spiro atoms. The van der Waals surface area contributed by atoms with Crippen molar-refractivity contribution in [3.63, 3.8) is 0 Å². The van der Waals surface area contributed by atoms with Crippen LogP contribution in [-0.4, -0.2) is 26.3 Å². The minimum absolute atomic E-state index is 0.0417. The topological polar surface area (TPSA) is 43.4 Å². The monoisotopic (exact) mass is 272 g/mol. The fourth-order valence-electron chi connectivity index (χ4n) is 2.25. The predicted octanol–water partition coefficient (Wildman–Crippen LogP) is 2.72. The van der Waals surface area contributed by atoms with Gasteiger partial charge < -0.3 is 14.8 Å². The van der Waals surface area contributed by atoms with E-state index in [2.05, 4.69) is 23.3 Å². The van der Waals surface area contributed by atoms with Crippen LogP contribution in [0, 0.1) is 6.92 Å². The summed E-state index contributed by atoms with van der Waals surface area (Å²) in [4.78, 5) is 4.46. The number of ether oxygens (including phenoxy) is 2. The van der Waals surface area contributed by atoms with Gasteiger partial charge in [-0.15, -0.1) is 0 Å². The molecule has 1 heterocycles. The Morgan fingerprint density at radius 3 is 2.50 bits per heavy atom. The molecule has 0 aliphatic heterocycles. The van der Waals surface area contributed by atoms with Crippen LogP contribution in [0.3, 0.4) is 0 Å². The second-order valence-electron chi connectivity index (χ2n) is 4.59. The van der Waals surface area contributed by atoms with Crippen molar-refractivity contribution in [1.82, 2.24) is 10.3 Å². The van der Waals surface area contributed by atoms with Crippen molar-refractivity contribution in [2.45, 2.75) is 13.0 Å². The molecule has 1 aromatic heterocycles. The zero-order valence-corrected chi connectivity index (χ0v) is 12.3. The molecule has 1 unspecified atom stereocenters. The number of rotatable bonds is 5. The molecule has 20 heavy (non-hydrogen) atoms. The lowest BCUT2D eigenvalue weighted by atomic mass is 10.0. The molecule has 1 aromatic carbocycles. The molecule has 0 saturated carbocycles. The normalized spacial score (nSPS) is 12.0. The molecule has 2 rings (SSSR count). The summed E-state index contributed by atoms with van der Waals surface area (Å²) in [6, 6.07) is 9.79. The first-order valence-electron chi connectivity index (χ1n) is 6.51. The van der Waals surface area contributed by atoms with Gasteiger partial charge >= 0.3 is 0 Å². The molecule has 1 N–H and O–H groups in total. The Balaban J connectivity index is 2.50. The van der Waals surface area contributed by atoms with Gasteiger partial charge in [-0.3, -0.25) is 4.98 Å². The van der Waals surface area contributed by atoms with Crippen molar-refractivity contribution in [3.8, 4) is 11.5 Å². The molecule has 0 bridgehead atoms. The van der Waals surface area contributed by atoms with Crippen LogP contribution in [0.15, 0.2) is 36.5 Å². The van der Waals surface area contributed by atoms with E-state index in [1.54, 1.807) is 14.2 Å². The van der Waals surface area contributed by atoms with Gasteiger partial charge in [0.25, 0.3) is 0 Å². The summed E-state index contributed by atoms with van der Waals surface area (Å²) in [5.74, 6) is 1.61. The number of benzene rings is 1. The van der Waals surface area contributed by atoms with Crippen LogP contribution in [-0.2, 0) is 0 Å². The standard InChI is InChI=1S/C16H20N2O2/c1-11-7-8-18-14(9-11)16(17-2)13-10-12(19-3)5-6-15(13)20-4/h5-10,16-17H,1-4H3. The molecular weight excluding hydrogens is 252 g/mol. The largest absolute Gasteiger partial charge is 0.497 e. The van der Waals surface area contributed by atoms with Crippen LogP contribution in [0.2, 0.25) is 0 Å². The van der Waals surface area contributed by atoms with Crippen LogP contribution in [0.5, 0.6) is 11.5 Å². The number of methoxy groups -OCH3 is 2. The predicted molar refractivity (Wildman–Crippen MR) is 79.4 cm³/mol. The third-order valence-electron chi connectivity index (χ3n) is 3.27. The van der Waals surface area contributed by atoms with Gasteiger partial charge in [0.2, 0.25) is 0 Å². The maximum atomic E-state index is 5.46. The van der Waals surface area contributed by atoms with Crippen molar-refractivity contribution in [2.24, 2.45) is 0 Å². The lowest BCUT2D eigenvalue weighted by Gasteiger charge is -2.20. The quantitative estimate of drug-likeness (QED) is 0.909. The molecule has 2 aromatic rings. The zero-order valence-electron chi connectivity index (χ0n) is 12.3. The molecule has 0 radical (unpaired) electrons. The molecule has 106 valence electrons. The number of aryl methyl sites for hydroxylation is 1. The van der Waals surface area contributed by atoms with E-state index in [-0.39, 0.29) is 6.04 Å². The summed E-state index contributed by atoms with van der Waals surface area (Å²) in [7, 11) is 5.24.